The molecule has 0 saturated heterocycles. The van der Waals surface area contributed by atoms with Crippen molar-refractivity contribution < 1.29 is 19.4 Å². The Morgan fingerprint density at radius 1 is 1.16 bits per heavy atom. The second-order valence-corrected chi connectivity index (χ2v) is 9.11. The van der Waals surface area contributed by atoms with Crippen molar-refractivity contribution in [3.8, 4) is 5.75 Å². The highest BCUT2D eigenvalue weighted by atomic mass is 35.5. The second kappa shape index (κ2) is 8.17. The van der Waals surface area contributed by atoms with E-state index >= 15 is 0 Å². The third-order valence-corrected chi connectivity index (χ3v) is 6.06. The molecule has 1 heterocycles. The van der Waals surface area contributed by atoms with Crippen molar-refractivity contribution >= 4 is 55.8 Å². The highest BCUT2D eigenvalue weighted by Crippen LogP contribution is 2.32. The summed E-state index contributed by atoms with van der Waals surface area (Å²) in [5, 5.41) is 14.9. The van der Waals surface area contributed by atoms with Crippen LogP contribution in [0.2, 0.25) is 5.02 Å². The molecular weight excluding hydrogens is 436 g/mol. The summed E-state index contributed by atoms with van der Waals surface area (Å²) in [4.78, 5) is 28.9. The molecular formula is C23H19ClN2O4S. The van der Waals surface area contributed by atoms with E-state index < -0.39 is 17.4 Å². The molecule has 0 atom stereocenters. The lowest BCUT2D eigenvalue weighted by atomic mass is 10.0. The van der Waals surface area contributed by atoms with Gasteiger partial charge in [-0.2, -0.15) is 0 Å². The van der Waals surface area contributed by atoms with Gasteiger partial charge >= 0.3 is 5.97 Å². The Morgan fingerprint density at radius 2 is 1.94 bits per heavy atom. The molecule has 0 spiro atoms. The monoisotopic (exact) mass is 454 g/mol. The molecule has 0 aliphatic carbocycles. The number of thiazole rings is 1. The summed E-state index contributed by atoms with van der Waals surface area (Å²) < 4.78 is 7.09. The number of carboxylic acid groups (broad SMARTS) is 1. The van der Waals surface area contributed by atoms with E-state index in [9.17, 15) is 14.7 Å². The molecule has 2 N–H and O–H groups in total. The maximum Gasteiger partial charge on any atom is 0.328 e. The van der Waals surface area contributed by atoms with Crippen LogP contribution < -0.4 is 10.1 Å². The summed E-state index contributed by atoms with van der Waals surface area (Å²) in [5.41, 5.74) is -0.376. The molecule has 4 rings (SSSR count). The number of fused-ring (bicyclic) bond motifs is 2. The number of nitrogens with one attached hydrogen (secondary N) is 1. The third kappa shape index (κ3) is 4.33. The van der Waals surface area contributed by atoms with E-state index in [0.717, 1.165) is 26.0 Å². The number of amides is 1. The number of rotatable bonds is 6. The Bertz CT molecular complexity index is 1320. The number of nitrogens with zero attached hydrogens (tertiary/aromatic N) is 1. The molecule has 6 nitrogen and oxygen atoms in total. The molecule has 0 fully saturated rings. The maximum absolute atomic E-state index is 12.9. The predicted octanol–water partition coefficient (Wildman–Crippen LogP) is 5.27. The quantitative estimate of drug-likeness (QED) is 0.414. The molecule has 0 radical (unpaired) electrons. The van der Waals surface area contributed by atoms with E-state index in [1.165, 1.54) is 25.2 Å². The highest BCUT2D eigenvalue weighted by molar-refractivity contribution is 7.18. The van der Waals surface area contributed by atoms with E-state index in [2.05, 4.69) is 10.3 Å². The van der Waals surface area contributed by atoms with Crippen molar-refractivity contribution in [2.75, 3.05) is 0 Å². The zero-order chi connectivity index (χ0) is 22.2. The van der Waals surface area contributed by atoms with Crippen molar-refractivity contribution in [1.29, 1.82) is 0 Å². The molecule has 158 valence electrons. The molecule has 4 aromatic rings. The number of aliphatic carboxylic acids is 1. The van der Waals surface area contributed by atoms with Gasteiger partial charge in [0.1, 0.15) is 22.9 Å². The average molecular weight is 455 g/mol. The summed E-state index contributed by atoms with van der Waals surface area (Å²) in [5.74, 6) is -1.27. The van der Waals surface area contributed by atoms with Crippen LogP contribution >= 0.6 is 22.9 Å². The summed E-state index contributed by atoms with van der Waals surface area (Å²) in [6.45, 7) is 3.02. The predicted molar refractivity (Wildman–Crippen MR) is 122 cm³/mol. The summed E-state index contributed by atoms with van der Waals surface area (Å²) in [7, 11) is 0. The molecule has 0 bridgehead atoms. The Kier molecular flexibility index (Phi) is 5.56. The fraction of sp³-hybridized carbons (Fsp3) is 0.174. The number of carbonyl (C=O) groups is 2. The number of carbonyl (C=O) groups excluding carboxylic acids is 1. The third-order valence-electron chi connectivity index (χ3n) is 4.82. The Labute approximate surface area is 187 Å². The SMILES string of the molecule is CC(C)(NC(=O)c1ccc2ccccc2c1OCc1nc2cc(Cl)ccc2s1)C(=O)O. The average Bonchev–Trinajstić information content (AvgIpc) is 3.13. The largest absolute Gasteiger partial charge is 0.485 e. The van der Waals surface area contributed by atoms with E-state index in [0.29, 0.717) is 10.8 Å². The first-order valence-electron chi connectivity index (χ1n) is 9.50. The molecule has 0 unspecified atom stereocenters. The van der Waals surface area contributed by atoms with Gasteiger partial charge in [0, 0.05) is 10.4 Å². The lowest BCUT2D eigenvalue weighted by Crippen LogP contribution is -2.49. The molecule has 0 aliphatic heterocycles. The van der Waals surface area contributed by atoms with Crippen molar-refractivity contribution in [3.63, 3.8) is 0 Å². The summed E-state index contributed by atoms with van der Waals surface area (Å²) in [6.07, 6.45) is 0. The van der Waals surface area contributed by atoms with Crippen molar-refractivity contribution in [3.05, 3.63) is 70.2 Å². The molecule has 0 aliphatic rings. The Hall–Kier alpha value is -3.16. The normalized spacial score (nSPS) is 11.6. The maximum atomic E-state index is 12.9. The van der Waals surface area contributed by atoms with Gasteiger partial charge in [0.2, 0.25) is 0 Å². The fourth-order valence-electron chi connectivity index (χ4n) is 3.13. The van der Waals surface area contributed by atoms with Crippen LogP contribution in [0.3, 0.4) is 0 Å². The van der Waals surface area contributed by atoms with Crippen LogP contribution in [0.25, 0.3) is 21.0 Å². The van der Waals surface area contributed by atoms with E-state index in [1.807, 2.05) is 42.5 Å². The summed E-state index contributed by atoms with van der Waals surface area (Å²) >= 11 is 7.53. The van der Waals surface area contributed by atoms with E-state index in [4.69, 9.17) is 16.3 Å². The smallest absolute Gasteiger partial charge is 0.328 e. The first-order chi connectivity index (χ1) is 14.7. The van der Waals surface area contributed by atoms with Crippen LogP contribution in [-0.4, -0.2) is 27.5 Å². The molecule has 1 aromatic heterocycles. The lowest BCUT2D eigenvalue weighted by molar-refractivity contribution is -0.143. The van der Waals surface area contributed by atoms with Gasteiger partial charge in [-0.1, -0.05) is 41.9 Å². The van der Waals surface area contributed by atoms with Gasteiger partial charge < -0.3 is 15.2 Å². The van der Waals surface area contributed by atoms with Crippen molar-refractivity contribution in [2.24, 2.45) is 0 Å². The van der Waals surface area contributed by atoms with Gasteiger partial charge in [0.15, 0.2) is 0 Å². The number of carboxylic acids is 1. The topological polar surface area (TPSA) is 88.5 Å². The number of ether oxygens (including phenoxy) is 1. The Balaban J connectivity index is 1.69. The summed E-state index contributed by atoms with van der Waals surface area (Å²) in [6, 6.07) is 16.5. The number of hydrogen-bond acceptors (Lipinski definition) is 5. The second-order valence-electron chi connectivity index (χ2n) is 7.56. The van der Waals surface area contributed by atoms with Crippen LogP contribution in [0.1, 0.15) is 29.2 Å². The Morgan fingerprint density at radius 3 is 2.71 bits per heavy atom. The van der Waals surface area contributed by atoms with Gasteiger partial charge in [0.25, 0.3) is 5.91 Å². The molecule has 0 saturated carbocycles. The minimum Gasteiger partial charge on any atom is -0.485 e. The molecule has 31 heavy (non-hydrogen) atoms. The van der Waals surface area contributed by atoms with Crippen LogP contribution in [0, 0.1) is 0 Å². The first-order valence-corrected chi connectivity index (χ1v) is 10.7. The van der Waals surface area contributed by atoms with Crippen LogP contribution in [0.5, 0.6) is 5.75 Å². The number of hydrogen-bond donors (Lipinski definition) is 2. The molecule has 3 aromatic carbocycles. The van der Waals surface area contributed by atoms with Gasteiger partial charge in [0.05, 0.1) is 15.8 Å². The zero-order valence-electron chi connectivity index (χ0n) is 16.8. The lowest BCUT2D eigenvalue weighted by Gasteiger charge is -2.22. The molecule has 1 amide bonds. The molecule has 8 heteroatoms. The standard InChI is InChI=1S/C23H19ClN2O4S/c1-23(2,22(28)29)26-21(27)16-9-7-13-5-3-4-6-15(13)20(16)30-12-19-25-17-11-14(24)8-10-18(17)31-19/h3-11H,12H2,1-2H3,(H,26,27)(H,28,29). The van der Waals surface area contributed by atoms with Gasteiger partial charge in [-0.15, -0.1) is 11.3 Å². The van der Waals surface area contributed by atoms with Gasteiger partial charge in [-0.25, -0.2) is 9.78 Å². The number of halogens is 1. The minimum absolute atomic E-state index is 0.160. The first kappa shape index (κ1) is 21.1. The van der Waals surface area contributed by atoms with Crippen LogP contribution in [0.4, 0.5) is 0 Å². The van der Waals surface area contributed by atoms with Gasteiger partial charge in [-0.3, -0.25) is 4.79 Å². The van der Waals surface area contributed by atoms with Gasteiger partial charge in [-0.05, 0) is 43.5 Å². The minimum atomic E-state index is -1.42. The van der Waals surface area contributed by atoms with E-state index in [1.54, 1.807) is 12.1 Å². The van der Waals surface area contributed by atoms with Crippen molar-refractivity contribution in [1.82, 2.24) is 10.3 Å². The fourth-order valence-corrected chi connectivity index (χ4v) is 4.15. The van der Waals surface area contributed by atoms with E-state index in [-0.39, 0.29) is 12.2 Å². The number of benzene rings is 3. The highest BCUT2D eigenvalue weighted by Gasteiger charge is 2.30. The zero-order valence-corrected chi connectivity index (χ0v) is 18.4. The van der Waals surface area contributed by atoms with Crippen LogP contribution in [-0.2, 0) is 11.4 Å². The van der Waals surface area contributed by atoms with Crippen molar-refractivity contribution in [2.45, 2.75) is 26.0 Å². The number of aromatic nitrogens is 1. The van der Waals surface area contributed by atoms with Crippen LogP contribution in [0.15, 0.2) is 54.6 Å².